The molecule has 2 aromatic carbocycles. The maximum absolute atomic E-state index is 9.79. The van der Waals surface area contributed by atoms with Crippen LogP contribution in [0.25, 0.3) is 0 Å². The van der Waals surface area contributed by atoms with Gasteiger partial charge in [0.05, 0.1) is 6.10 Å². The lowest BCUT2D eigenvalue weighted by molar-refractivity contribution is 0.180. The molecule has 1 aliphatic rings. The van der Waals surface area contributed by atoms with E-state index < -0.39 is 0 Å². The number of hydrogen-bond acceptors (Lipinski definition) is 2. The summed E-state index contributed by atoms with van der Waals surface area (Å²) in [5.74, 6) is 0.886. The van der Waals surface area contributed by atoms with Crippen LogP contribution in [0.2, 0.25) is 0 Å². The topological polar surface area (TPSA) is 29.5 Å². The summed E-state index contributed by atoms with van der Waals surface area (Å²) >= 11 is 0. The fourth-order valence-corrected chi connectivity index (χ4v) is 2.70. The molecule has 2 nitrogen and oxygen atoms in total. The van der Waals surface area contributed by atoms with Crippen LogP contribution >= 0.6 is 0 Å². The number of aryl methyl sites for hydroxylation is 2. The molecule has 2 heteroatoms. The normalized spacial score (nSPS) is 17.0. The van der Waals surface area contributed by atoms with Crippen molar-refractivity contribution in [3.8, 4) is 5.75 Å². The number of aliphatic hydroxyl groups is 1. The van der Waals surface area contributed by atoms with Crippen LogP contribution in [-0.2, 0) is 19.4 Å². The third kappa shape index (κ3) is 2.70. The molecule has 0 unspecified atom stereocenters. The van der Waals surface area contributed by atoms with Gasteiger partial charge in [-0.05, 0) is 53.6 Å². The van der Waals surface area contributed by atoms with Crippen LogP contribution in [0.4, 0.5) is 0 Å². The van der Waals surface area contributed by atoms with Gasteiger partial charge in [0.25, 0.3) is 0 Å². The van der Waals surface area contributed by atoms with Crippen molar-refractivity contribution in [3.63, 3.8) is 0 Å². The molecule has 0 aliphatic heterocycles. The number of aliphatic hydroxyl groups excluding tert-OH is 1. The molecule has 0 fully saturated rings. The Morgan fingerprint density at radius 1 is 1.10 bits per heavy atom. The Balaban J connectivity index is 1.66. The van der Waals surface area contributed by atoms with Crippen molar-refractivity contribution < 1.29 is 9.84 Å². The molecule has 1 N–H and O–H groups in total. The molecule has 20 heavy (non-hydrogen) atoms. The Bertz CT molecular complexity index is 587. The first-order valence-corrected chi connectivity index (χ1v) is 7.28. The Labute approximate surface area is 120 Å². The van der Waals surface area contributed by atoms with Gasteiger partial charge in [-0.2, -0.15) is 0 Å². The van der Waals surface area contributed by atoms with Gasteiger partial charge < -0.3 is 9.84 Å². The summed E-state index contributed by atoms with van der Waals surface area (Å²) < 4.78 is 5.84. The van der Waals surface area contributed by atoms with E-state index in [0.29, 0.717) is 6.61 Å². The van der Waals surface area contributed by atoms with E-state index in [4.69, 9.17) is 4.74 Å². The van der Waals surface area contributed by atoms with Crippen molar-refractivity contribution in [2.24, 2.45) is 0 Å². The van der Waals surface area contributed by atoms with E-state index in [-0.39, 0.29) is 6.10 Å². The molecule has 1 aliphatic carbocycles. The second kappa shape index (κ2) is 5.68. The highest BCUT2D eigenvalue weighted by Gasteiger charge is 2.20. The summed E-state index contributed by atoms with van der Waals surface area (Å²) in [6, 6.07) is 14.5. The fraction of sp³-hybridized carbons (Fsp3) is 0.333. The van der Waals surface area contributed by atoms with Gasteiger partial charge in [0.2, 0.25) is 0 Å². The molecule has 0 amide bonds. The zero-order valence-corrected chi connectivity index (χ0v) is 11.8. The first-order valence-electron chi connectivity index (χ1n) is 7.28. The van der Waals surface area contributed by atoms with Gasteiger partial charge in [-0.1, -0.05) is 37.3 Å². The van der Waals surface area contributed by atoms with Crippen LogP contribution in [-0.4, -0.2) is 5.11 Å². The molecule has 0 aromatic heterocycles. The van der Waals surface area contributed by atoms with E-state index in [0.717, 1.165) is 30.6 Å². The average Bonchev–Trinajstić information content (AvgIpc) is 2.87. The summed E-state index contributed by atoms with van der Waals surface area (Å²) in [6.45, 7) is 2.75. The Morgan fingerprint density at radius 3 is 2.60 bits per heavy atom. The van der Waals surface area contributed by atoms with Crippen LogP contribution in [0, 0.1) is 0 Å². The highest BCUT2D eigenvalue weighted by molar-refractivity contribution is 5.40. The van der Waals surface area contributed by atoms with Gasteiger partial charge in [-0.15, -0.1) is 0 Å². The van der Waals surface area contributed by atoms with Gasteiger partial charge in [-0.3, -0.25) is 0 Å². The summed E-state index contributed by atoms with van der Waals surface area (Å²) in [6.07, 6.45) is 2.55. The number of fused-ring (bicyclic) bond motifs is 1. The fourth-order valence-electron chi connectivity index (χ4n) is 2.70. The molecular formula is C18H20O2. The molecule has 0 bridgehead atoms. The summed E-state index contributed by atoms with van der Waals surface area (Å²) in [4.78, 5) is 0. The zero-order chi connectivity index (χ0) is 13.9. The van der Waals surface area contributed by atoms with Gasteiger partial charge in [0.1, 0.15) is 12.4 Å². The number of hydrogen-bond donors (Lipinski definition) is 1. The van der Waals surface area contributed by atoms with Gasteiger partial charge in [0, 0.05) is 0 Å². The quantitative estimate of drug-likeness (QED) is 0.913. The summed E-state index contributed by atoms with van der Waals surface area (Å²) in [5.41, 5.74) is 4.81. The van der Waals surface area contributed by atoms with E-state index in [1.54, 1.807) is 0 Å². The molecule has 2 aromatic rings. The Hall–Kier alpha value is -1.80. The predicted octanol–water partition coefficient (Wildman–Crippen LogP) is 3.81. The van der Waals surface area contributed by atoms with Crippen molar-refractivity contribution in [1.82, 2.24) is 0 Å². The SMILES string of the molecule is CCc1ccc(COc2ccc3c(c2)CC[C@@H]3O)cc1. The smallest absolute Gasteiger partial charge is 0.120 e. The van der Waals surface area contributed by atoms with Gasteiger partial charge in [-0.25, -0.2) is 0 Å². The van der Waals surface area contributed by atoms with Crippen molar-refractivity contribution in [1.29, 1.82) is 0 Å². The molecule has 0 radical (unpaired) electrons. The molecule has 0 heterocycles. The van der Waals surface area contributed by atoms with Gasteiger partial charge >= 0.3 is 0 Å². The maximum Gasteiger partial charge on any atom is 0.120 e. The monoisotopic (exact) mass is 268 g/mol. The first kappa shape index (κ1) is 13.2. The highest BCUT2D eigenvalue weighted by Crippen LogP contribution is 2.33. The van der Waals surface area contributed by atoms with E-state index in [1.807, 2.05) is 12.1 Å². The molecule has 1 atom stereocenters. The number of ether oxygens (including phenoxy) is 1. The largest absolute Gasteiger partial charge is 0.489 e. The lowest BCUT2D eigenvalue weighted by atomic mass is 10.1. The molecule has 0 saturated carbocycles. The minimum absolute atomic E-state index is 0.291. The third-order valence-corrected chi connectivity index (χ3v) is 4.00. The molecule has 0 spiro atoms. The predicted molar refractivity (Wildman–Crippen MR) is 79.9 cm³/mol. The van der Waals surface area contributed by atoms with E-state index in [2.05, 4.69) is 37.3 Å². The lowest BCUT2D eigenvalue weighted by Gasteiger charge is -2.09. The van der Waals surface area contributed by atoms with E-state index in [1.165, 1.54) is 16.7 Å². The van der Waals surface area contributed by atoms with Crippen LogP contribution in [0.5, 0.6) is 5.75 Å². The Kier molecular flexibility index (Phi) is 3.75. The highest BCUT2D eigenvalue weighted by atomic mass is 16.5. The van der Waals surface area contributed by atoms with Crippen molar-refractivity contribution in [2.45, 2.75) is 38.9 Å². The van der Waals surface area contributed by atoms with Crippen molar-refractivity contribution in [2.75, 3.05) is 0 Å². The van der Waals surface area contributed by atoms with Crippen LogP contribution in [0.3, 0.4) is 0 Å². The number of rotatable bonds is 4. The van der Waals surface area contributed by atoms with Crippen LogP contribution in [0.1, 0.15) is 41.7 Å². The standard InChI is InChI=1S/C18H20O2/c1-2-13-3-5-14(6-4-13)12-20-16-8-9-17-15(11-16)7-10-18(17)19/h3-6,8-9,11,18-19H,2,7,10,12H2,1H3/t18-/m0/s1. The molecule has 0 saturated heterocycles. The van der Waals surface area contributed by atoms with Crippen molar-refractivity contribution in [3.05, 3.63) is 64.7 Å². The lowest BCUT2D eigenvalue weighted by Crippen LogP contribution is -1.97. The van der Waals surface area contributed by atoms with Crippen molar-refractivity contribution >= 4 is 0 Å². The minimum atomic E-state index is -0.291. The zero-order valence-electron chi connectivity index (χ0n) is 11.8. The second-order valence-electron chi connectivity index (χ2n) is 5.37. The third-order valence-electron chi connectivity index (χ3n) is 4.00. The van der Waals surface area contributed by atoms with E-state index in [9.17, 15) is 5.11 Å². The molecule has 3 rings (SSSR count). The first-order chi connectivity index (χ1) is 9.76. The van der Waals surface area contributed by atoms with Crippen LogP contribution < -0.4 is 4.74 Å². The van der Waals surface area contributed by atoms with Gasteiger partial charge in [0.15, 0.2) is 0 Å². The van der Waals surface area contributed by atoms with E-state index >= 15 is 0 Å². The minimum Gasteiger partial charge on any atom is -0.489 e. The molecule has 104 valence electrons. The number of benzene rings is 2. The van der Waals surface area contributed by atoms with Crippen LogP contribution in [0.15, 0.2) is 42.5 Å². The second-order valence-corrected chi connectivity index (χ2v) is 5.37. The summed E-state index contributed by atoms with van der Waals surface area (Å²) in [7, 11) is 0. The summed E-state index contributed by atoms with van der Waals surface area (Å²) in [5, 5.41) is 9.79. The Morgan fingerprint density at radius 2 is 1.85 bits per heavy atom. The maximum atomic E-state index is 9.79. The average molecular weight is 268 g/mol. The molecular weight excluding hydrogens is 248 g/mol.